The van der Waals surface area contributed by atoms with Gasteiger partial charge in [0.1, 0.15) is 11.8 Å². The number of furan rings is 1. The second-order valence-corrected chi connectivity index (χ2v) is 4.08. The quantitative estimate of drug-likeness (QED) is 0.775. The van der Waals surface area contributed by atoms with Crippen LogP contribution >= 0.6 is 11.3 Å². The van der Waals surface area contributed by atoms with Gasteiger partial charge in [0.05, 0.1) is 17.5 Å². The first-order chi connectivity index (χ1) is 6.95. The van der Waals surface area contributed by atoms with Gasteiger partial charge in [-0.15, -0.1) is 11.3 Å². The lowest BCUT2D eigenvalue weighted by atomic mass is 10.0. The lowest BCUT2D eigenvalue weighted by Crippen LogP contribution is -2.29. The van der Waals surface area contributed by atoms with Crippen molar-refractivity contribution in [1.29, 1.82) is 0 Å². The molecule has 0 fully saturated rings. The number of hydrogen-bond acceptors (Lipinski definition) is 4. The maximum Gasteiger partial charge on any atom is 0.130 e. The van der Waals surface area contributed by atoms with Gasteiger partial charge in [0.2, 0.25) is 0 Å². The van der Waals surface area contributed by atoms with Gasteiger partial charge in [-0.3, -0.25) is 0 Å². The molecular weight excluding hydrogens is 196 g/mol. The highest BCUT2D eigenvalue weighted by Crippen LogP contribution is 2.28. The van der Waals surface area contributed by atoms with Gasteiger partial charge in [0.15, 0.2) is 0 Å². The molecule has 72 valence electrons. The van der Waals surface area contributed by atoms with Crippen LogP contribution in [-0.4, -0.2) is 11.5 Å². The molecule has 0 saturated heterocycles. The third-order valence-electron chi connectivity index (χ3n) is 2.53. The molecule has 14 heavy (non-hydrogen) atoms. The van der Waals surface area contributed by atoms with Crippen molar-refractivity contribution in [1.82, 2.24) is 10.3 Å². The molecule has 1 N–H and O–H groups in total. The molecular formula is C10H10N2OS. The van der Waals surface area contributed by atoms with Crippen molar-refractivity contribution in [2.24, 2.45) is 0 Å². The van der Waals surface area contributed by atoms with Gasteiger partial charge in [-0.05, 0) is 18.1 Å². The highest BCUT2D eigenvalue weighted by Gasteiger charge is 2.25. The second-order valence-electron chi connectivity index (χ2n) is 3.36. The molecule has 0 bridgehead atoms. The number of thiazole rings is 1. The van der Waals surface area contributed by atoms with Crippen LogP contribution in [0.25, 0.3) is 0 Å². The Balaban J connectivity index is 2.04. The first-order valence-corrected chi connectivity index (χ1v) is 5.57. The molecule has 1 unspecified atom stereocenters. The summed E-state index contributed by atoms with van der Waals surface area (Å²) in [4.78, 5) is 4.31. The summed E-state index contributed by atoms with van der Waals surface area (Å²) in [6.45, 7) is 0.995. The van der Waals surface area contributed by atoms with Gasteiger partial charge in [0, 0.05) is 11.9 Å². The van der Waals surface area contributed by atoms with Crippen LogP contribution < -0.4 is 5.32 Å². The lowest BCUT2D eigenvalue weighted by molar-refractivity contribution is 0.421. The van der Waals surface area contributed by atoms with Gasteiger partial charge < -0.3 is 9.73 Å². The van der Waals surface area contributed by atoms with Crippen LogP contribution in [0.2, 0.25) is 0 Å². The molecule has 0 radical (unpaired) electrons. The van der Waals surface area contributed by atoms with Crippen LogP contribution in [0.5, 0.6) is 0 Å². The molecule has 0 aliphatic carbocycles. The van der Waals surface area contributed by atoms with Crippen molar-refractivity contribution < 1.29 is 4.42 Å². The molecule has 1 atom stereocenters. The minimum atomic E-state index is 0.153. The average Bonchev–Trinajstić information content (AvgIpc) is 2.88. The van der Waals surface area contributed by atoms with Crippen molar-refractivity contribution in [3.63, 3.8) is 0 Å². The van der Waals surface area contributed by atoms with Crippen molar-refractivity contribution >= 4 is 11.3 Å². The number of nitrogens with one attached hydrogen (secondary N) is 1. The minimum Gasteiger partial charge on any atom is -0.467 e. The first-order valence-electron chi connectivity index (χ1n) is 4.63. The minimum absolute atomic E-state index is 0.153. The van der Waals surface area contributed by atoms with Crippen molar-refractivity contribution in [2.75, 3.05) is 6.54 Å². The molecule has 4 heteroatoms. The largest absolute Gasteiger partial charge is 0.467 e. The zero-order chi connectivity index (χ0) is 9.38. The Hall–Kier alpha value is -1.13. The standard InChI is InChI=1S/C10H10N2OS/c1-3-11-9(8-5-14-6-12-8)10-7(1)2-4-13-10/h2,4-6,9,11H,1,3H2. The van der Waals surface area contributed by atoms with E-state index in [0.717, 1.165) is 24.4 Å². The van der Waals surface area contributed by atoms with Crippen LogP contribution in [0.1, 0.15) is 23.1 Å². The Kier molecular flexibility index (Phi) is 1.89. The fourth-order valence-corrected chi connectivity index (χ4v) is 2.43. The van der Waals surface area contributed by atoms with Gasteiger partial charge >= 0.3 is 0 Å². The molecule has 3 rings (SSSR count). The third-order valence-corrected chi connectivity index (χ3v) is 3.14. The fourth-order valence-electron chi connectivity index (χ4n) is 1.85. The highest BCUT2D eigenvalue weighted by molar-refractivity contribution is 7.07. The molecule has 0 aromatic carbocycles. The van der Waals surface area contributed by atoms with Gasteiger partial charge in [-0.2, -0.15) is 0 Å². The Labute approximate surface area is 85.8 Å². The van der Waals surface area contributed by atoms with E-state index in [1.807, 2.05) is 5.51 Å². The Morgan fingerprint density at radius 1 is 1.57 bits per heavy atom. The van der Waals surface area contributed by atoms with Gasteiger partial charge in [0.25, 0.3) is 0 Å². The second kappa shape index (κ2) is 3.22. The fraction of sp³-hybridized carbons (Fsp3) is 0.300. The molecule has 1 aliphatic heterocycles. The molecule has 2 aromatic heterocycles. The predicted molar refractivity (Wildman–Crippen MR) is 54.4 cm³/mol. The van der Waals surface area contributed by atoms with E-state index in [4.69, 9.17) is 4.42 Å². The van der Waals surface area contributed by atoms with Gasteiger partial charge in [-0.1, -0.05) is 0 Å². The molecule has 0 amide bonds. The monoisotopic (exact) mass is 206 g/mol. The van der Waals surface area contributed by atoms with Crippen LogP contribution in [0.15, 0.2) is 27.6 Å². The smallest absolute Gasteiger partial charge is 0.130 e. The average molecular weight is 206 g/mol. The van der Waals surface area contributed by atoms with Crippen LogP contribution in [0.4, 0.5) is 0 Å². The summed E-state index contributed by atoms with van der Waals surface area (Å²) in [6.07, 6.45) is 2.81. The van der Waals surface area contributed by atoms with E-state index in [2.05, 4.69) is 21.7 Å². The van der Waals surface area contributed by atoms with E-state index >= 15 is 0 Å². The molecule has 0 spiro atoms. The lowest BCUT2D eigenvalue weighted by Gasteiger charge is -2.20. The predicted octanol–water partition coefficient (Wildman–Crippen LogP) is 1.97. The van der Waals surface area contributed by atoms with Crippen LogP contribution in [-0.2, 0) is 6.42 Å². The molecule has 2 aromatic rings. The molecule has 1 aliphatic rings. The summed E-state index contributed by atoms with van der Waals surface area (Å²) in [5, 5.41) is 5.48. The number of nitrogens with zero attached hydrogens (tertiary/aromatic N) is 1. The molecule has 3 heterocycles. The Bertz CT molecular complexity index is 421. The summed E-state index contributed by atoms with van der Waals surface area (Å²) in [7, 11) is 0. The van der Waals surface area contributed by atoms with Gasteiger partial charge in [-0.25, -0.2) is 4.98 Å². The Morgan fingerprint density at radius 2 is 2.57 bits per heavy atom. The van der Waals surface area contributed by atoms with E-state index in [0.29, 0.717) is 0 Å². The van der Waals surface area contributed by atoms with E-state index in [1.54, 1.807) is 17.6 Å². The number of rotatable bonds is 1. The number of fused-ring (bicyclic) bond motifs is 1. The van der Waals surface area contributed by atoms with Crippen molar-refractivity contribution in [2.45, 2.75) is 12.5 Å². The van der Waals surface area contributed by atoms with Crippen LogP contribution in [0, 0.1) is 0 Å². The summed E-state index contributed by atoms with van der Waals surface area (Å²) in [5.74, 6) is 1.03. The summed E-state index contributed by atoms with van der Waals surface area (Å²) >= 11 is 1.62. The first kappa shape index (κ1) is 8.20. The zero-order valence-electron chi connectivity index (χ0n) is 7.56. The zero-order valence-corrected chi connectivity index (χ0v) is 8.38. The SMILES string of the molecule is c1cc2c(o1)C(c1cscn1)NCC2. The van der Waals surface area contributed by atoms with E-state index in [-0.39, 0.29) is 6.04 Å². The maximum atomic E-state index is 5.49. The normalized spacial score (nSPS) is 20.7. The molecule has 0 saturated carbocycles. The van der Waals surface area contributed by atoms with Crippen molar-refractivity contribution in [3.05, 3.63) is 40.2 Å². The number of aromatic nitrogens is 1. The van der Waals surface area contributed by atoms with E-state index < -0.39 is 0 Å². The topological polar surface area (TPSA) is 38.1 Å². The highest BCUT2D eigenvalue weighted by atomic mass is 32.1. The van der Waals surface area contributed by atoms with Crippen LogP contribution in [0.3, 0.4) is 0 Å². The Morgan fingerprint density at radius 3 is 3.43 bits per heavy atom. The summed E-state index contributed by atoms with van der Waals surface area (Å²) in [6, 6.07) is 2.20. The van der Waals surface area contributed by atoms with Crippen molar-refractivity contribution in [3.8, 4) is 0 Å². The maximum absolute atomic E-state index is 5.49. The van der Waals surface area contributed by atoms with E-state index in [9.17, 15) is 0 Å². The molecule has 3 nitrogen and oxygen atoms in total. The third kappa shape index (κ3) is 1.19. The number of hydrogen-bond donors (Lipinski definition) is 1. The summed E-state index contributed by atoms with van der Waals surface area (Å²) in [5.41, 5.74) is 4.22. The van der Waals surface area contributed by atoms with E-state index in [1.165, 1.54) is 5.56 Å². The summed E-state index contributed by atoms with van der Waals surface area (Å²) < 4.78 is 5.49.